The lowest BCUT2D eigenvalue weighted by Gasteiger charge is -2.29. The number of anilines is 1. The molecule has 1 aliphatic rings. The first-order valence-electron chi connectivity index (χ1n) is 7.13. The van der Waals surface area contributed by atoms with E-state index in [2.05, 4.69) is 21.2 Å². The Morgan fingerprint density at radius 2 is 1.95 bits per heavy atom. The summed E-state index contributed by atoms with van der Waals surface area (Å²) in [6, 6.07) is 4.49. The molecule has 0 saturated carbocycles. The van der Waals surface area contributed by atoms with Crippen molar-refractivity contribution in [2.24, 2.45) is 0 Å². The number of rotatable bonds is 3. The summed E-state index contributed by atoms with van der Waals surface area (Å²) in [6.45, 7) is 3.27. The minimum absolute atomic E-state index is 0.0249. The van der Waals surface area contributed by atoms with E-state index >= 15 is 0 Å². The Labute approximate surface area is 133 Å². The average Bonchev–Trinajstić information content (AvgIpc) is 2.49. The highest BCUT2D eigenvalue weighted by Crippen LogP contribution is 2.19. The molecule has 3 N–H and O–H groups in total. The van der Waals surface area contributed by atoms with Crippen LogP contribution in [0.15, 0.2) is 22.7 Å². The van der Waals surface area contributed by atoms with E-state index < -0.39 is 6.04 Å². The summed E-state index contributed by atoms with van der Waals surface area (Å²) in [5.74, 6) is -0.324. The maximum absolute atomic E-state index is 12.3. The average molecular weight is 354 g/mol. The molecule has 0 aliphatic carbocycles. The van der Waals surface area contributed by atoms with Gasteiger partial charge in [0.25, 0.3) is 5.91 Å². The van der Waals surface area contributed by atoms with Gasteiger partial charge in [-0.1, -0.05) is 0 Å². The van der Waals surface area contributed by atoms with Crippen LogP contribution in [0.25, 0.3) is 0 Å². The van der Waals surface area contributed by atoms with Crippen molar-refractivity contribution >= 4 is 33.4 Å². The minimum atomic E-state index is -0.538. The number of carbonyl (C=O) groups excluding carboxylic acids is 2. The quantitative estimate of drug-likeness (QED) is 0.817. The summed E-state index contributed by atoms with van der Waals surface area (Å²) in [7, 11) is 0. The summed E-state index contributed by atoms with van der Waals surface area (Å²) in [5, 5.41) is 2.75. The van der Waals surface area contributed by atoms with Crippen LogP contribution in [0.4, 0.5) is 5.69 Å². The molecule has 0 radical (unpaired) electrons. The zero-order valence-electron chi connectivity index (χ0n) is 12.1. The minimum Gasteiger partial charge on any atom is -0.399 e. The van der Waals surface area contributed by atoms with E-state index in [-0.39, 0.29) is 11.8 Å². The van der Waals surface area contributed by atoms with Crippen molar-refractivity contribution in [1.29, 1.82) is 0 Å². The van der Waals surface area contributed by atoms with Crippen molar-refractivity contribution < 1.29 is 9.59 Å². The maximum Gasteiger partial charge on any atom is 0.253 e. The first kappa shape index (κ1) is 15.8. The van der Waals surface area contributed by atoms with Gasteiger partial charge in [0.2, 0.25) is 5.91 Å². The lowest BCUT2D eigenvalue weighted by molar-refractivity contribution is -0.133. The van der Waals surface area contributed by atoms with Crippen LogP contribution >= 0.6 is 15.9 Å². The van der Waals surface area contributed by atoms with E-state index in [0.29, 0.717) is 15.7 Å². The Balaban J connectivity index is 2.01. The number of nitrogens with two attached hydrogens (primary N) is 1. The van der Waals surface area contributed by atoms with E-state index in [1.54, 1.807) is 25.1 Å². The zero-order chi connectivity index (χ0) is 15.4. The Morgan fingerprint density at radius 1 is 1.29 bits per heavy atom. The number of halogens is 1. The zero-order valence-corrected chi connectivity index (χ0v) is 13.6. The lowest BCUT2D eigenvalue weighted by Crippen LogP contribution is -2.48. The van der Waals surface area contributed by atoms with Gasteiger partial charge >= 0.3 is 0 Å². The van der Waals surface area contributed by atoms with E-state index in [1.807, 2.05) is 4.90 Å². The molecule has 1 unspecified atom stereocenters. The van der Waals surface area contributed by atoms with Crippen LogP contribution in [0.3, 0.4) is 0 Å². The highest BCUT2D eigenvalue weighted by molar-refractivity contribution is 9.10. The first-order valence-corrected chi connectivity index (χ1v) is 7.93. The number of carbonyl (C=O) groups is 2. The second-order valence-electron chi connectivity index (χ2n) is 5.32. The lowest BCUT2D eigenvalue weighted by atomic mass is 10.1. The third-order valence-electron chi connectivity index (χ3n) is 3.62. The molecular weight excluding hydrogens is 334 g/mol. The third kappa shape index (κ3) is 3.97. The second kappa shape index (κ2) is 6.93. The Hall–Kier alpha value is -1.56. The number of hydrogen-bond acceptors (Lipinski definition) is 3. The molecular formula is C15H20BrN3O2. The molecule has 1 aromatic rings. The molecule has 1 atom stereocenters. The van der Waals surface area contributed by atoms with Crippen molar-refractivity contribution in [2.45, 2.75) is 32.2 Å². The molecule has 2 amide bonds. The van der Waals surface area contributed by atoms with Gasteiger partial charge in [-0.3, -0.25) is 9.59 Å². The standard InChI is InChI=1S/C15H20BrN3O2/c1-10(15(21)19-7-3-2-4-8-19)18-14(20)12-9-11(17)5-6-13(12)16/h5-6,9-10H,2-4,7-8,17H2,1H3,(H,18,20). The molecule has 0 aromatic heterocycles. The number of amides is 2. The van der Waals surface area contributed by atoms with Gasteiger partial charge in [-0.2, -0.15) is 0 Å². The molecule has 0 spiro atoms. The van der Waals surface area contributed by atoms with Crippen LogP contribution in [0, 0.1) is 0 Å². The van der Waals surface area contributed by atoms with E-state index in [9.17, 15) is 9.59 Å². The number of nitrogens with one attached hydrogen (secondary N) is 1. The summed E-state index contributed by atoms with van der Waals surface area (Å²) in [5.41, 5.74) is 6.65. The molecule has 1 aliphatic heterocycles. The molecule has 21 heavy (non-hydrogen) atoms. The highest BCUT2D eigenvalue weighted by Gasteiger charge is 2.24. The number of piperidine rings is 1. The normalized spacial score (nSPS) is 16.4. The van der Waals surface area contributed by atoms with Gasteiger partial charge in [0.15, 0.2) is 0 Å². The van der Waals surface area contributed by atoms with Gasteiger partial charge in [0, 0.05) is 23.2 Å². The van der Waals surface area contributed by atoms with Crippen molar-refractivity contribution in [2.75, 3.05) is 18.8 Å². The van der Waals surface area contributed by atoms with Gasteiger partial charge in [0.1, 0.15) is 6.04 Å². The SMILES string of the molecule is CC(NC(=O)c1cc(N)ccc1Br)C(=O)N1CCCCC1. The molecule has 114 valence electrons. The topological polar surface area (TPSA) is 75.4 Å². The fourth-order valence-electron chi connectivity index (χ4n) is 2.44. The van der Waals surface area contributed by atoms with Gasteiger partial charge < -0.3 is 16.0 Å². The van der Waals surface area contributed by atoms with E-state index in [4.69, 9.17) is 5.73 Å². The predicted octanol–water partition coefficient (Wildman–Crippen LogP) is 2.16. The molecule has 1 fully saturated rings. The van der Waals surface area contributed by atoms with Crippen LogP contribution in [0.5, 0.6) is 0 Å². The fourth-order valence-corrected chi connectivity index (χ4v) is 2.87. The largest absolute Gasteiger partial charge is 0.399 e. The summed E-state index contributed by atoms with van der Waals surface area (Å²) in [4.78, 5) is 26.4. The van der Waals surface area contributed by atoms with Crippen LogP contribution in [-0.4, -0.2) is 35.8 Å². The Morgan fingerprint density at radius 3 is 2.62 bits per heavy atom. The second-order valence-corrected chi connectivity index (χ2v) is 6.17. The number of benzene rings is 1. The highest BCUT2D eigenvalue weighted by atomic mass is 79.9. The molecule has 2 rings (SSSR count). The monoisotopic (exact) mass is 353 g/mol. The smallest absolute Gasteiger partial charge is 0.253 e. The van der Waals surface area contributed by atoms with E-state index in [0.717, 1.165) is 25.9 Å². The summed E-state index contributed by atoms with van der Waals surface area (Å²) in [6.07, 6.45) is 3.24. The summed E-state index contributed by atoms with van der Waals surface area (Å²) >= 11 is 3.32. The van der Waals surface area contributed by atoms with Gasteiger partial charge in [-0.15, -0.1) is 0 Å². The van der Waals surface area contributed by atoms with Crippen LogP contribution in [-0.2, 0) is 4.79 Å². The van der Waals surface area contributed by atoms with Crippen LogP contribution in [0.2, 0.25) is 0 Å². The Kier molecular flexibility index (Phi) is 5.22. The number of likely N-dealkylation sites (tertiary alicyclic amines) is 1. The molecule has 6 heteroatoms. The maximum atomic E-state index is 12.3. The van der Waals surface area contributed by atoms with Crippen molar-refractivity contribution in [3.63, 3.8) is 0 Å². The van der Waals surface area contributed by atoms with E-state index in [1.165, 1.54) is 6.42 Å². The van der Waals surface area contributed by atoms with Gasteiger partial charge in [0.05, 0.1) is 5.56 Å². The van der Waals surface area contributed by atoms with Crippen LogP contribution < -0.4 is 11.1 Å². The van der Waals surface area contributed by atoms with Crippen molar-refractivity contribution in [1.82, 2.24) is 10.2 Å². The molecule has 1 heterocycles. The summed E-state index contributed by atoms with van der Waals surface area (Å²) < 4.78 is 0.659. The third-order valence-corrected chi connectivity index (χ3v) is 4.31. The predicted molar refractivity (Wildman–Crippen MR) is 85.9 cm³/mol. The van der Waals surface area contributed by atoms with Crippen LogP contribution in [0.1, 0.15) is 36.5 Å². The molecule has 5 nitrogen and oxygen atoms in total. The fraction of sp³-hybridized carbons (Fsp3) is 0.467. The van der Waals surface area contributed by atoms with Gasteiger partial charge in [-0.25, -0.2) is 0 Å². The first-order chi connectivity index (χ1) is 9.99. The number of nitrogens with zero attached hydrogens (tertiary/aromatic N) is 1. The molecule has 1 aromatic carbocycles. The van der Waals surface area contributed by atoms with Crippen molar-refractivity contribution in [3.8, 4) is 0 Å². The Bertz CT molecular complexity index is 542. The number of hydrogen-bond donors (Lipinski definition) is 2. The van der Waals surface area contributed by atoms with Gasteiger partial charge in [-0.05, 0) is 60.3 Å². The van der Waals surface area contributed by atoms with Crippen molar-refractivity contribution in [3.05, 3.63) is 28.2 Å². The molecule has 0 bridgehead atoms. The molecule has 1 saturated heterocycles. The number of nitrogen functional groups attached to an aromatic ring is 1.